The predicted octanol–water partition coefficient (Wildman–Crippen LogP) is 1.62. The largest absolute Gasteiger partial charge is 0.366 e. The first-order valence-corrected chi connectivity index (χ1v) is 9.25. The van der Waals surface area contributed by atoms with Crippen molar-refractivity contribution in [1.29, 1.82) is 0 Å². The number of sulfone groups is 1. The van der Waals surface area contributed by atoms with Crippen molar-refractivity contribution in [2.75, 3.05) is 35.3 Å². The SMILES string of the molecule is CCCCN(C)c1nc(C)cc(NC2CCS(=O)(=O)C2)n1. The van der Waals surface area contributed by atoms with E-state index in [-0.39, 0.29) is 17.5 Å². The topological polar surface area (TPSA) is 75.2 Å². The van der Waals surface area contributed by atoms with Gasteiger partial charge in [0.1, 0.15) is 5.82 Å². The van der Waals surface area contributed by atoms with Gasteiger partial charge in [0.25, 0.3) is 0 Å². The first-order chi connectivity index (χ1) is 9.89. The number of anilines is 2. The number of nitrogens with zero attached hydrogens (tertiary/aromatic N) is 3. The van der Waals surface area contributed by atoms with Crippen molar-refractivity contribution in [3.8, 4) is 0 Å². The average molecular weight is 312 g/mol. The summed E-state index contributed by atoms with van der Waals surface area (Å²) in [4.78, 5) is 11.0. The van der Waals surface area contributed by atoms with Crippen molar-refractivity contribution in [3.05, 3.63) is 11.8 Å². The minimum Gasteiger partial charge on any atom is -0.366 e. The van der Waals surface area contributed by atoms with Crippen molar-refractivity contribution in [1.82, 2.24) is 9.97 Å². The van der Waals surface area contributed by atoms with Crippen molar-refractivity contribution < 1.29 is 8.42 Å². The molecule has 6 nitrogen and oxygen atoms in total. The summed E-state index contributed by atoms with van der Waals surface area (Å²) in [5, 5.41) is 3.23. The Bertz CT molecular complexity index is 589. The van der Waals surface area contributed by atoms with E-state index in [2.05, 4.69) is 22.2 Å². The van der Waals surface area contributed by atoms with Gasteiger partial charge in [-0.2, -0.15) is 4.98 Å². The van der Waals surface area contributed by atoms with Crippen LogP contribution in [0.25, 0.3) is 0 Å². The van der Waals surface area contributed by atoms with E-state index in [1.165, 1.54) is 0 Å². The van der Waals surface area contributed by atoms with E-state index in [0.29, 0.717) is 18.2 Å². The van der Waals surface area contributed by atoms with Crippen LogP contribution < -0.4 is 10.2 Å². The Hall–Kier alpha value is -1.37. The summed E-state index contributed by atoms with van der Waals surface area (Å²) in [6.45, 7) is 4.99. The van der Waals surface area contributed by atoms with E-state index < -0.39 is 9.84 Å². The van der Waals surface area contributed by atoms with Crippen LogP contribution in [0.3, 0.4) is 0 Å². The van der Waals surface area contributed by atoms with E-state index in [1.807, 2.05) is 24.9 Å². The molecule has 0 radical (unpaired) electrons. The Morgan fingerprint density at radius 3 is 2.81 bits per heavy atom. The Balaban J connectivity index is 2.08. The highest BCUT2D eigenvalue weighted by Gasteiger charge is 2.28. The monoisotopic (exact) mass is 312 g/mol. The van der Waals surface area contributed by atoms with Crippen molar-refractivity contribution in [2.24, 2.45) is 0 Å². The molecule has 1 N–H and O–H groups in total. The Labute approximate surface area is 126 Å². The lowest BCUT2D eigenvalue weighted by molar-refractivity contribution is 0.602. The summed E-state index contributed by atoms with van der Waals surface area (Å²) in [7, 11) is -0.900. The van der Waals surface area contributed by atoms with Gasteiger partial charge in [0.15, 0.2) is 9.84 Å². The molecule has 0 aromatic carbocycles. The first-order valence-electron chi connectivity index (χ1n) is 7.43. The predicted molar refractivity (Wildman–Crippen MR) is 85.6 cm³/mol. The van der Waals surface area contributed by atoms with Crippen LogP contribution in [-0.2, 0) is 9.84 Å². The molecule has 1 unspecified atom stereocenters. The van der Waals surface area contributed by atoms with E-state index in [9.17, 15) is 8.42 Å². The standard InChI is InChI=1S/C14H24N4O2S/c1-4-5-7-18(3)14-15-11(2)9-13(17-14)16-12-6-8-21(19,20)10-12/h9,12H,4-8,10H2,1-3H3,(H,15,16,17). The van der Waals surface area contributed by atoms with Crippen LogP contribution in [0.1, 0.15) is 31.9 Å². The lowest BCUT2D eigenvalue weighted by Gasteiger charge is -2.19. The highest BCUT2D eigenvalue weighted by atomic mass is 32.2. The molecule has 0 amide bonds. The Kier molecular flexibility index (Phi) is 5.03. The molecule has 21 heavy (non-hydrogen) atoms. The molecule has 1 atom stereocenters. The zero-order valence-corrected chi connectivity index (χ0v) is 13.8. The van der Waals surface area contributed by atoms with Crippen LogP contribution in [0.4, 0.5) is 11.8 Å². The Morgan fingerprint density at radius 2 is 2.19 bits per heavy atom. The van der Waals surface area contributed by atoms with Gasteiger partial charge in [0.2, 0.25) is 5.95 Å². The van der Waals surface area contributed by atoms with Gasteiger partial charge in [-0.1, -0.05) is 13.3 Å². The third-order valence-electron chi connectivity index (χ3n) is 3.62. The van der Waals surface area contributed by atoms with Gasteiger partial charge >= 0.3 is 0 Å². The minimum absolute atomic E-state index is 0.0434. The van der Waals surface area contributed by atoms with E-state index in [0.717, 1.165) is 25.1 Å². The molecule has 1 saturated heterocycles. The fourth-order valence-corrected chi connectivity index (χ4v) is 4.08. The van der Waals surface area contributed by atoms with Gasteiger partial charge in [-0.05, 0) is 19.8 Å². The number of hydrogen-bond acceptors (Lipinski definition) is 6. The molecule has 1 aromatic rings. The van der Waals surface area contributed by atoms with Gasteiger partial charge in [-0.15, -0.1) is 0 Å². The molecule has 1 aliphatic heterocycles. The maximum Gasteiger partial charge on any atom is 0.227 e. The third kappa shape index (κ3) is 4.56. The molecular weight excluding hydrogens is 288 g/mol. The average Bonchev–Trinajstić information content (AvgIpc) is 2.74. The second-order valence-corrected chi connectivity index (χ2v) is 7.94. The third-order valence-corrected chi connectivity index (χ3v) is 5.38. The zero-order chi connectivity index (χ0) is 15.5. The molecule has 1 aliphatic rings. The van der Waals surface area contributed by atoms with Crippen molar-refractivity contribution in [3.63, 3.8) is 0 Å². The minimum atomic E-state index is -2.88. The molecule has 0 spiro atoms. The van der Waals surface area contributed by atoms with Gasteiger partial charge in [0.05, 0.1) is 11.5 Å². The second kappa shape index (κ2) is 6.60. The van der Waals surface area contributed by atoms with Crippen LogP contribution in [0.15, 0.2) is 6.07 Å². The van der Waals surface area contributed by atoms with Crippen LogP contribution >= 0.6 is 0 Å². The summed E-state index contributed by atoms with van der Waals surface area (Å²) in [5.41, 5.74) is 0.881. The molecule has 1 fully saturated rings. The number of aromatic nitrogens is 2. The Morgan fingerprint density at radius 1 is 1.43 bits per heavy atom. The second-order valence-electron chi connectivity index (χ2n) is 5.71. The van der Waals surface area contributed by atoms with Gasteiger partial charge in [-0.25, -0.2) is 13.4 Å². The maximum absolute atomic E-state index is 11.5. The first kappa shape index (κ1) is 16.0. The molecule has 7 heteroatoms. The molecular formula is C14H24N4O2S. The molecule has 2 heterocycles. The zero-order valence-electron chi connectivity index (χ0n) is 13.0. The fraction of sp³-hybridized carbons (Fsp3) is 0.714. The number of aryl methyl sites for hydroxylation is 1. The van der Waals surface area contributed by atoms with Crippen molar-refractivity contribution in [2.45, 2.75) is 39.2 Å². The molecule has 0 aliphatic carbocycles. The maximum atomic E-state index is 11.5. The highest BCUT2D eigenvalue weighted by Crippen LogP contribution is 2.18. The summed E-state index contributed by atoms with van der Waals surface area (Å²) in [5.74, 6) is 1.85. The number of nitrogens with one attached hydrogen (secondary N) is 1. The lowest BCUT2D eigenvalue weighted by Crippen LogP contribution is -2.24. The smallest absolute Gasteiger partial charge is 0.227 e. The quantitative estimate of drug-likeness (QED) is 0.860. The van der Waals surface area contributed by atoms with Gasteiger partial charge < -0.3 is 10.2 Å². The summed E-state index contributed by atoms with van der Waals surface area (Å²) in [6, 6.07) is 1.82. The van der Waals surface area contributed by atoms with Crippen LogP contribution in [0.5, 0.6) is 0 Å². The highest BCUT2D eigenvalue weighted by molar-refractivity contribution is 7.91. The molecule has 118 valence electrons. The van der Waals surface area contributed by atoms with Gasteiger partial charge in [-0.3, -0.25) is 0 Å². The molecule has 0 saturated carbocycles. The molecule has 2 rings (SSSR count). The summed E-state index contributed by atoms with van der Waals surface area (Å²) in [6.07, 6.45) is 2.87. The van der Waals surface area contributed by atoms with Crippen LogP contribution in [-0.4, -0.2) is 49.5 Å². The van der Waals surface area contributed by atoms with Crippen LogP contribution in [0, 0.1) is 6.92 Å². The fourth-order valence-electron chi connectivity index (χ4n) is 2.41. The number of hydrogen-bond donors (Lipinski definition) is 1. The number of rotatable bonds is 6. The van der Waals surface area contributed by atoms with Crippen LogP contribution in [0.2, 0.25) is 0 Å². The lowest BCUT2D eigenvalue weighted by atomic mass is 10.2. The summed E-state index contributed by atoms with van der Waals surface area (Å²) < 4.78 is 23.0. The van der Waals surface area contributed by atoms with E-state index in [1.54, 1.807) is 0 Å². The normalized spacial score (nSPS) is 20.4. The summed E-state index contributed by atoms with van der Waals surface area (Å²) >= 11 is 0. The molecule has 1 aromatic heterocycles. The molecule has 0 bridgehead atoms. The van der Waals surface area contributed by atoms with Crippen molar-refractivity contribution >= 4 is 21.6 Å². The van der Waals surface area contributed by atoms with Gasteiger partial charge in [0, 0.05) is 31.4 Å². The van der Waals surface area contributed by atoms with E-state index in [4.69, 9.17) is 0 Å². The van der Waals surface area contributed by atoms with E-state index >= 15 is 0 Å². The number of unbranched alkanes of at least 4 members (excludes halogenated alkanes) is 1.